The van der Waals surface area contributed by atoms with Gasteiger partial charge in [-0.05, 0) is 11.8 Å². The van der Waals surface area contributed by atoms with Gasteiger partial charge >= 0.3 is 0 Å². The van der Waals surface area contributed by atoms with Crippen LogP contribution in [0, 0.1) is 11.8 Å². The maximum atomic E-state index is 9.01. The third kappa shape index (κ3) is 3.04. The molecule has 0 aliphatic carbocycles. The molecule has 0 spiro atoms. The number of aliphatic hydroxyl groups excluding tert-OH is 1. The van der Waals surface area contributed by atoms with E-state index in [4.69, 9.17) is 10.8 Å². The van der Waals surface area contributed by atoms with Gasteiger partial charge in [-0.3, -0.25) is 0 Å². The zero-order chi connectivity index (χ0) is 11.4. The van der Waals surface area contributed by atoms with E-state index in [-0.39, 0.29) is 12.6 Å². The van der Waals surface area contributed by atoms with Crippen molar-refractivity contribution in [3.05, 3.63) is 18.2 Å². The molecule has 1 heterocycles. The Bertz CT molecular complexity index is 296. The Morgan fingerprint density at radius 3 is 2.67 bits per heavy atom. The minimum absolute atomic E-state index is 0.0399. The van der Waals surface area contributed by atoms with Gasteiger partial charge in [-0.1, -0.05) is 20.8 Å². The zero-order valence-electron chi connectivity index (χ0n) is 9.72. The van der Waals surface area contributed by atoms with Crippen molar-refractivity contribution in [3.8, 4) is 0 Å². The monoisotopic (exact) mass is 211 g/mol. The molecule has 1 rings (SSSR count). The van der Waals surface area contributed by atoms with Crippen molar-refractivity contribution in [2.75, 3.05) is 6.61 Å². The lowest BCUT2D eigenvalue weighted by molar-refractivity contribution is 0.260. The second-order valence-electron chi connectivity index (χ2n) is 4.48. The van der Waals surface area contributed by atoms with Gasteiger partial charge in [-0.2, -0.15) is 0 Å². The third-order valence-electron chi connectivity index (χ3n) is 2.94. The number of imidazole rings is 1. The summed E-state index contributed by atoms with van der Waals surface area (Å²) in [6.45, 7) is 7.47. The summed E-state index contributed by atoms with van der Waals surface area (Å²) in [6, 6.07) is -0.327. The van der Waals surface area contributed by atoms with E-state index >= 15 is 0 Å². The van der Waals surface area contributed by atoms with Crippen LogP contribution in [0.5, 0.6) is 0 Å². The van der Waals surface area contributed by atoms with Crippen molar-refractivity contribution < 1.29 is 5.11 Å². The maximum absolute atomic E-state index is 9.01. The van der Waals surface area contributed by atoms with Gasteiger partial charge in [0.05, 0.1) is 24.7 Å². The molecule has 3 N–H and O–H groups in total. The summed E-state index contributed by atoms with van der Waals surface area (Å²) in [5, 5.41) is 9.01. The second kappa shape index (κ2) is 5.28. The van der Waals surface area contributed by atoms with Crippen LogP contribution in [-0.2, 0) is 6.54 Å². The molecule has 1 aromatic rings. The van der Waals surface area contributed by atoms with Crippen molar-refractivity contribution in [2.24, 2.45) is 17.6 Å². The van der Waals surface area contributed by atoms with E-state index < -0.39 is 0 Å². The zero-order valence-corrected chi connectivity index (χ0v) is 9.72. The molecule has 4 heteroatoms. The van der Waals surface area contributed by atoms with Crippen molar-refractivity contribution in [3.63, 3.8) is 0 Å². The summed E-state index contributed by atoms with van der Waals surface area (Å²) in [4.78, 5) is 4.08. The molecule has 0 saturated carbocycles. The molecule has 0 fully saturated rings. The number of rotatable bonds is 5. The highest BCUT2D eigenvalue weighted by Gasteiger charge is 2.14. The normalized spacial score (nSPS) is 15.6. The highest BCUT2D eigenvalue weighted by Crippen LogP contribution is 2.16. The van der Waals surface area contributed by atoms with Crippen LogP contribution >= 0.6 is 0 Å². The Morgan fingerprint density at radius 2 is 2.13 bits per heavy atom. The van der Waals surface area contributed by atoms with E-state index in [1.807, 2.05) is 4.57 Å². The topological polar surface area (TPSA) is 64.1 Å². The first-order valence-corrected chi connectivity index (χ1v) is 5.42. The molecule has 86 valence electrons. The molecule has 2 atom stereocenters. The molecule has 0 aliphatic heterocycles. The first kappa shape index (κ1) is 12.2. The average molecular weight is 211 g/mol. The Labute approximate surface area is 91.1 Å². The minimum Gasteiger partial charge on any atom is -0.394 e. The highest BCUT2D eigenvalue weighted by atomic mass is 16.3. The minimum atomic E-state index is -0.327. The SMILES string of the molecule is CC(C)C(C)Cn1cncc1C(N)CO. The van der Waals surface area contributed by atoms with E-state index in [1.54, 1.807) is 12.5 Å². The molecule has 0 bridgehead atoms. The molecule has 0 aromatic carbocycles. The fraction of sp³-hybridized carbons (Fsp3) is 0.727. The van der Waals surface area contributed by atoms with Gasteiger partial charge in [0.1, 0.15) is 0 Å². The molecule has 0 saturated heterocycles. The van der Waals surface area contributed by atoms with Gasteiger partial charge in [-0.15, -0.1) is 0 Å². The van der Waals surface area contributed by atoms with Crippen LogP contribution in [0.3, 0.4) is 0 Å². The molecule has 4 nitrogen and oxygen atoms in total. The van der Waals surface area contributed by atoms with Crippen molar-refractivity contribution in [2.45, 2.75) is 33.4 Å². The average Bonchev–Trinajstić information content (AvgIpc) is 2.64. The summed E-state index contributed by atoms with van der Waals surface area (Å²) >= 11 is 0. The molecule has 1 aromatic heterocycles. The first-order valence-electron chi connectivity index (χ1n) is 5.42. The molecule has 15 heavy (non-hydrogen) atoms. The van der Waals surface area contributed by atoms with E-state index in [1.165, 1.54) is 0 Å². The predicted octanol–water partition coefficient (Wildman–Crippen LogP) is 1.17. The van der Waals surface area contributed by atoms with Crippen LogP contribution < -0.4 is 5.73 Å². The molecule has 2 unspecified atom stereocenters. The van der Waals surface area contributed by atoms with Crippen LogP contribution in [0.15, 0.2) is 12.5 Å². The fourth-order valence-electron chi connectivity index (χ4n) is 1.41. The quantitative estimate of drug-likeness (QED) is 0.768. The van der Waals surface area contributed by atoms with Gasteiger partial charge in [-0.25, -0.2) is 4.98 Å². The van der Waals surface area contributed by atoms with Crippen LogP contribution in [0.2, 0.25) is 0 Å². The van der Waals surface area contributed by atoms with Gasteiger partial charge < -0.3 is 15.4 Å². The highest BCUT2D eigenvalue weighted by molar-refractivity contribution is 5.04. The van der Waals surface area contributed by atoms with E-state index in [0.29, 0.717) is 11.8 Å². The summed E-state index contributed by atoms with van der Waals surface area (Å²) in [7, 11) is 0. The van der Waals surface area contributed by atoms with Crippen LogP contribution in [0.25, 0.3) is 0 Å². The summed E-state index contributed by atoms with van der Waals surface area (Å²) < 4.78 is 2.03. The molecule has 0 amide bonds. The predicted molar refractivity (Wildman–Crippen MR) is 60.2 cm³/mol. The Kier molecular flexibility index (Phi) is 4.29. The lowest BCUT2D eigenvalue weighted by Crippen LogP contribution is -2.21. The summed E-state index contributed by atoms with van der Waals surface area (Å²) in [6.07, 6.45) is 3.51. The number of hydrogen-bond acceptors (Lipinski definition) is 3. The molecule has 0 radical (unpaired) electrons. The second-order valence-corrected chi connectivity index (χ2v) is 4.48. The smallest absolute Gasteiger partial charge is 0.0948 e. The van der Waals surface area contributed by atoms with Crippen molar-refractivity contribution in [1.29, 1.82) is 0 Å². The van der Waals surface area contributed by atoms with Crippen LogP contribution in [0.1, 0.15) is 32.5 Å². The Hall–Kier alpha value is -0.870. The first-order chi connectivity index (χ1) is 7.06. The lowest BCUT2D eigenvalue weighted by Gasteiger charge is -2.19. The molecular weight excluding hydrogens is 190 g/mol. The number of aliphatic hydroxyl groups is 1. The van der Waals surface area contributed by atoms with Gasteiger partial charge in [0.25, 0.3) is 0 Å². The summed E-state index contributed by atoms with van der Waals surface area (Å²) in [5.41, 5.74) is 6.69. The van der Waals surface area contributed by atoms with E-state index in [0.717, 1.165) is 12.2 Å². The van der Waals surface area contributed by atoms with Crippen molar-refractivity contribution in [1.82, 2.24) is 9.55 Å². The van der Waals surface area contributed by atoms with E-state index in [9.17, 15) is 0 Å². The van der Waals surface area contributed by atoms with Gasteiger partial charge in [0.15, 0.2) is 0 Å². The molecular formula is C11H21N3O. The number of nitrogens with two attached hydrogens (primary N) is 1. The number of hydrogen-bond donors (Lipinski definition) is 2. The number of nitrogens with zero attached hydrogens (tertiary/aromatic N) is 2. The maximum Gasteiger partial charge on any atom is 0.0948 e. The summed E-state index contributed by atoms with van der Waals surface area (Å²) in [5.74, 6) is 1.20. The van der Waals surface area contributed by atoms with Crippen molar-refractivity contribution >= 4 is 0 Å². The lowest BCUT2D eigenvalue weighted by atomic mass is 9.98. The van der Waals surface area contributed by atoms with Gasteiger partial charge in [0, 0.05) is 12.7 Å². The van der Waals surface area contributed by atoms with Crippen LogP contribution in [0.4, 0.5) is 0 Å². The third-order valence-corrected chi connectivity index (χ3v) is 2.94. The Morgan fingerprint density at radius 1 is 1.47 bits per heavy atom. The largest absolute Gasteiger partial charge is 0.394 e. The van der Waals surface area contributed by atoms with Crippen LogP contribution in [-0.4, -0.2) is 21.3 Å². The molecule has 0 aliphatic rings. The standard InChI is InChI=1S/C11H21N3O/c1-8(2)9(3)5-14-7-13-4-11(14)10(12)6-15/h4,7-10,15H,5-6,12H2,1-3H3. The Balaban J connectivity index is 2.73. The van der Waals surface area contributed by atoms with Gasteiger partial charge in [0.2, 0.25) is 0 Å². The fourth-order valence-corrected chi connectivity index (χ4v) is 1.41. The number of aromatic nitrogens is 2. The van der Waals surface area contributed by atoms with E-state index in [2.05, 4.69) is 25.8 Å².